The van der Waals surface area contributed by atoms with Crippen LogP contribution in [0.5, 0.6) is 5.75 Å². The standard InChI is InChI=1S/C26H20O.2H3N.H2O4S/c1-5-13-21(14-6-1)25(22-15-7-2-8-16-22)26(23-17-9-3-10-18-23)27-24-19-11-4-12-20-24;;;1-5(2,3)4/h1-20H;2*1H3;(H2,1,2,3,4). The van der Waals surface area contributed by atoms with Crippen molar-refractivity contribution >= 4 is 21.7 Å². The summed E-state index contributed by atoms with van der Waals surface area (Å²) in [4.78, 5) is 0. The van der Waals surface area contributed by atoms with Crippen LogP contribution >= 0.6 is 0 Å². The van der Waals surface area contributed by atoms with E-state index >= 15 is 0 Å². The van der Waals surface area contributed by atoms with Crippen molar-refractivity contribution < 1.29 is 22.3 Å². The van der Waals surface area contributed by atoms with Crippen molar-refractivity contribution in [3.63, 3.8) is 0 Å². The van der Waals surface area contributed by atoms with Crippen LogP contribution in [-0.2, 0) is 10.4 Å². The van der Waals surface area contributed by atoms with E-state index in [0.717, 1.165) is 33.8 Å². The van der Waals surface area contributed by atoms with Crippen LogP contribution in [0, 0.1) is 0 Å². The zero-order valence-corrected chi connectivity index (χ0v) is 19.8. The lowest BCUT2D eigenvalue weighted by Crippen LogP contribution is -2.01. The smallest absolute Gasteiger partial charge is 0.143 e. The Hall–Kier alpha value is -3.79. The summed E-state index contributed by atoms with van der Waals surface area (Å²) in [5, 5.41) is 0. The molecule has 0 aromatic heterocycles. The second-order valence-electron chi connectivity index (χ2n) is 6.63. The molecule has 4 rings (SSSR count). The van der Waals surface area contributed by atoms with Crippen LogP contribution in [0.4, 0.5) is 0 Å². The molecule has 0 aliphatic heterocycles. The van der Waals surface area contributed by atoms with Crippen molar-refractivity contribution in [2.45, 2.75) is 0 Å². The molecule has 0 aliphatic rings. The predicted octanol–water partition coefficient (Wildman–Crippen LogP) is 6.10. The summed E-state index contributed by atoms with van der Waals surface area (Å²) in [6.07, 6.45) is 0. The number of hydrogen-bond acceptors (Lipinski definition) is 5. The summed E-state index contributed by atoms with van der Waals surface area (Å²) < 4.78 is 40.5. The van der Waals surface area contributed by atoms with Gasteiger partial charge in [0.05, 0.1) is 0 Å². The van der Waals surface area contributed by atoms with Crippen molar-refractivity contribution in [3.05, 3.63) is 138 Å². The zero-order valence-electron chi connectivity index (χ0n) is 19.0. The van der Waals surface area contributed by atoms with Gasteiger partial charge in [-0.3, -0.25) is 8.42 Å². The monoisotopic (exact) mass is 480 g/mol. The van der Waals surface area contributed by atoms with Crippen LogP contribution in [0.1, 0.15) is 16.7 Å². The Labute approximate surface area is 200 Å². The minimum Gasteiger partial charge on any atom is -0.759 e. The maximum Gasteiger partial charge on any atom is 0.143 e. The molecule has 0 bridgehead atoms. The summed E-state index contributed by atoms with van der Waals surface area (Å²) >= 11 is 0. The molecule has 178 valence electrons. The van der Waals surface area contributed by atoms with Crippen molar-refractivity contribution in [1.29, 1.82) is 0 Å². The molecule has 7 nitrogen and oxygen atoms in total. The Morgan fingerprint density at radius 2 is 0.824 bits per heavy atom. The first-order valence-corrected chi connectivity index (χ1v) is 11.1. The Bertz CT molecular complexity index is 1200. The quantitative estimate of drug-likeness (QED) is 0.152. The Morgan fingerprint density at radius 1 is 0.529 bits per heavy atom. The third kappa shape index (κ3) is 8.99. The molecule has 8 heteroatoms. The van der Waals surface area contributed by atoms with Crippen molar-refractivity contribution in [1.82, 2.24) is 12.3 Å². The van der Waals surface area contributed by atoms with E-state index in [2.05, 4.69) is 60.7 Å². The van der Waals surface area contributed by atoms with Crippen LogP contribution in [0.15, 0.2) is 121 Å². The highest BCUT2D eigenvalue weighted by Gasteiger charge is 2.16. The largest absolute Gasteiger partial charge is 0.759 e. The third-order valence-electron chi connectivity index (χ3n) is 4.35. The van der Waals surface area contributed by atoms with Gasteiger partial charge in [0.25, 0.3) is 0 Å². The van der Waals surface area contributed by atoms with Gasteiger partial charge < -0.3 is 26.1 Å². The molecule has 0 atom stereocenters. The Morgan fingerprint density at radius 3 is 1.18 bits per heavy atom. The van der Waals surface area contributed by atoms with Crippen molar-refractivity contribution in [3.8, 4) is 5.75 Å². The second-order valence-corrected chi connectivity index (χ2v) is 7.44. The highest BCUT2D eigenvalue weighted by atomic mass is 32.3. The predicted molar refractivity (Wildman–Crippen MR) is 135 cm³/mol. The lowest BCUT2D eigenvalue weighted by molar-refractivity contribution is 0.352. The minimum absolute atomic E-state index is 0. The fourth-order valence-corrected chi connectivity index (χ4v) is 3.09. The molecule has 0 saturated carbocycles. The van der Waals surface area contributed by atoms with Gasteiger partial charge in [-0.1, -0.05) is 109 Å². The average Bonchev–Trinajstić information content (AvgIpc) is 2.80. The van der Waals surface area contributed by atoms with E-state index in [1.165, 1.54) is 0 Å². The van der Waals surface area contributed by atoms with Crippen LogP contribution in [-0.4, -0.2) is 17.5 Å². The van der Waals surface area contributed by atoms with E-state index in [1.54, 1.807) is 0 Å². The topological polar surface area (TPSA) is 162 Å². The van der Waals surface area contributed by atoms with Crippen molar-refractivity contribution in [2.75, 3.05) is 0 Å². The molecule has 8 N–H and O–H groups in total. The van der Waals surface area contributed by atoms with Gasteiger partial charge >= 0.3 is 0 Å². The molecule has 0 fully saturated rings. The summed E-state index contributed by atoms with van der Waals surface area (Å²) in [5.41, 5.74) is 4.37. The van der Waals surface area contributed by atoms with Crippen LogP contribution < -0.4 is 17.0 Å². The second kappa shape index (κ2) is 13.7. The molecule has 0 unspecified atom stereocenters. The number of quaternary nitrogens is 2. The van der Waals surface area contributed by atoms with Crippen molar-refractivity contribution in [2.24, 2.45) is 0 Å². The number of ether oxygens (including phenoxy) is 1. The molecule has 0 heterocycles. The van der Waals surface area contributed by atoms with Gasteiger partial charge in [0.15, 0.2) is 0 Å². The fraction of sp³-hybridized carbons (Fsp3) is 0. The van der Waals surface area contributed by atoms with E-state index < -0.39 is 10.4 Å². The highest BCUT2D eigenvalue weighted by molar-refractivity contribution is 7.79. The van der Waals surface area contributed by atoms with Crippen LogP contribution in [0.25, 0.3) is 11.3 Å². The Kier molecular flexibility index (Phi) is 11.4. The summed E-state index contributed by atoms with van der Waals surface area (Å²) in [5.74, 6) is 1.67. The summed E-state index contributed by atoms with van der Waals surface area (Å²) in [6, 6.07) is 41.0. The van der Waals surface area contributed by atoms with Gasteiger partial charge in [0.2, 0.25) is 0 Å². The number of para-hydroxylation sites is 1. The van der Waals surface area contributed by atoms with Gasteiger partial charge in [-0.25, -0.2) is 0 Å². The molecular weight excluding hydrogens is 452 g/mol. The zero-order chi connectivity index (χ0) is 22.8. The molecule has 0 saturated heterocycles. The van der Waals surface area contributed by atoms with Gasteiger partial charge in [0, 0.05) is 21.5 Å². The number of hydrogen-bond donors (Lipinski definition) is 2. The number of benzene rings is 4. The maximum atomic E-state index is 8.52. The third-order valence-corrected chi connectivity index (χ3v) is 4.35. The van der Waals surface area contributed by atoms with Crippen LogP contribution in [0.3, 0.4) is 0 Å². The number of rotatable bonds is 5. The highest BCUT2D eigenvalue weighted by Crippen LogP contribution is 2.34. The Balaban J connectivity index is 0.000000752. The molecule has 4 aromatic carbocycles. The van der Waals surface area contributed by atoms with Crippen LogP contribution in [0.2, 0.25) is 0 Å². The molecule has 0 radical (unpaired) electrons. The van der Waals surface area contributed by atoms with E-state index in [4.69, 9.17) is 22.3 Å². The first kappa shape index (κ1) is 28.2. The average molecular weight is 481 g/mol. The minimum atomic E-state index is -5.17. The molecule has 34 heavy (non-hydrogen) atoms. The lowest BCUT2D eigenvalue weighted by atomic mass is 9.94. The molecular formula is C26H28N2O5S. The lowest BCUT2D eigenvalue weighted by Gasteiger charge is -2.18. The molecule has 0 spiro atoms. The van der Waals surface area contributed by atoms with E-state index in [0.29, 0.717) is 0 Å². The van der Waals surface area contributed by atoms with E-state index in [9.17, 15) is 0 Å². The molecule has 0 amide bonds. The first-order chi connectivity index (χ1) is 15.4. The first-order valence-electron chi connectivity index (χ1n) is 9.72. The summed E-state index contributed by atoms with van der Waals surface area (Å²) in [7, 11) is -5.17. The van der Waals surface area contributed by atoms with E-state index in [-0.39, 0.29) is 12.3 Å². The van der Waals surface area contributed by atoms with Gasteiger partial charge in [-0.15, -0.1) is 0 Å². The fourth-order valence-electron chi connectivity index (χ4n) is 3.09. The van der Waals surface area contributed by atoms with Gasteiger partial charge in [0.1, 0.15) is 11.5 Å². The van der Waals surface area contributed by atoms with Gasteiger partial charge in [-0.2, -0.15) is 0 Å². The van der Waals surface area contributed by atoms with E-state index in [1.807, 2.05) is 60.7 Å². The van der Waals surface area contributed by atoms with Gasteiger partial charge in [-0.05, 0) is 23.3 Å². The summed E-state index contributed by atoms with van der Waals surface area (Å²) in [6.45, 7) is 0. The molecule has 0 aliphatic carbocycles. The normalized spacial score (nSPS) is 9.82. The SMILES string of the molecule is O=S(=O)([O-])[O-].[NH4+].[NH4+].c1ccc(OC(=C(c2ccccc2)c2ccccc2)c2ccccc2)cc1. The maximum absolute atomic E-state index is 8.52. The molecule has 4 aromatic rings.